The molecule has 1 aromatic carbocycles. The first-order chi connectivity index (χ1) is 21.9. The molecule has 9 nitrogen and oxygen atoms in total. The average molecular weight is 637 g/mol. The van der Waals surface area contributed by atoms with E-state index in [0.717, 1.165) is 36.7 Å². The van der Waals surface area contributed by atoms with Gasteiger partial charge < -0.3 is 38.7 Å². The lowest BCUT2D eigenvalue weighted by atomic mass is 9.41. The molecule has 0 amide bonds. The zero-order chi connectivity index (χ0) is 32.1. The van der Waals surface area contributed by atoms with Crippen molar-refractivity contribution in [1.82, 2.24) is 0 Å². The summed E-state index contributed by atoms with van der Waals surface area (Å²) in [6.45, 7) is 6.41. The summed E-state index contributed by atoms with van der Waals surface area (Å²) in [5.41, 5.74) is -1.55. The molecule has 8 rings (SSSR count). The Morgan fingerprint density at radius 1 is 0.957 bits per heavy atom. The van der Waals surface area contributed by atoms with Gasteiger partial charge in [0.1, 0.15) is 19.0 Å². The van der Waals surface area contributed by atoms with E-state index >= 15 is 0 Å². The van der Waals surface area contributed by atoms with Gasteiger partial charge >= 0.3 is 5.97 Å². The fraction of sp³-hybridized carbons (Fsp3) is 0.730. The quantitative estimate of drug-likeness (QED) is 0.269. The molecule has 250 valence electrons. The molecule has 5 unspecified atom stereocenters. The lowest BCUT2D eigenvalue weighted by Gasteiger charge is -2.65. The Kier molecular flexibility index (Phi) is 7.23. The van der Waals surface area contributed by atoms with Gasteiger partial charge in [0.25, 0.3) is 0 Å². The SMILES string of the molecule is CC1O[C@@H](O[C@@H]2CC[C@]3(C=O)C4CC[C@]5(C)[C@@H](C6=CC(=O)OC6)CC[C@]5(O)C4CC[C@]3(O)C2)CC2OC(C)(c3ccccc3)O[C@H]12. The van der Waals surface area contributed by atoms with Crippen molar-refractivity contribution in [2.45, 2.75) is 133 Å². The van der Waals surface area contributed by atoms with Crippen LogP contribution < -0.4 is 0 Å². The highest BCUT2D eigenvalue weighted by atomic mass is 16.8. The van der Waals surface area contributed by atoms with Gasteiger partial charge in [0.2, 0.25) is 0 Å². The fourth-order valence-electron chi connectivity index (χ4n) is 11.5. The Morgan fingerprint density at radius 3 is 2.48 bits per heavy atom. The normalized spacial score (nSPS) is 51.3. The van der Waals surface area contributed by atoms with Crippen LogP contribution in [0.4, 0.5) is 0 Å². The van der Waals surface area contributed by atoms with Crippen molar-refractivity contribution in [3.05, 3.63) is 47.5 Å². The van der Waals surface area contributed by atoms with Gasteiger partial charge in [0, 0.05) is 29.9 Å². The standard InChI is InChI=1S/C37H48O9/c1-22-32-29(45-34(3,46-32)24-7-5-4-6-8-24)18-31(43-22)44-25-9-14-35(21-38)27-10-13-33(2)26(23-17-30(39)42-20-23)12-16-37(33,41)28(27)11-15-36(35,40)19-25/h4-8,17,21-22,25-29,31-32,40-41H,9-16,18-20H2,1-3H3/t22?,25-,26-,27?,28?,29?,31+,32-,33-,34?,35+,36+,37+/m1/s1. The van der Waals surface area contributed by atoms with Crippen LogP contribution in [0.25, 0.3) is 0 Å². The molecule has 1 aromatic rings. The van der Waals surface area contributed by atoms with E-state index < -0.39 is 34.1 Å². The second-order valence-electron chi connectivity index (χ2n) is 15.8. The van der Waals surface area contributed by atoms with Gasteiger partial charge in [0.05, 0.1) is 34.9 Å². The predicted octanol–water partition coefficient (Wildman–Crippen LogP) is 4.71. The number of aliphatic hydroxyl groups is 2. The van der Waals surface area contributed by atoms with Crippen molar-refractivity contribution in [3.8, 4) is 0 Å². The maximum Gasteiger partial charge on any atom is 0.331 e. The van der Waals surface area contributed by atoms with Gasteiger partial charge in [-0.3, -0.25) is 0 Å². The van der Waals surface area contributed by atoms with Gasteiger partial charge in [-0.15, -0.1) is 0 Å². The first-order valence-corrected chi connectivity index (χ1v) is 17.4. The van der Waals surface area contributed by atoms with E-state index in [9.17, 15) is 19.8 Å². The third-order valence-corrected chi connectivity index (χ3v) is 13.8. The summed E-state index contributed by atoms with van der Waals surface area (Å²) >= 11 is 0. The van der Waals surface area contributed by atoms with Crippen molar-refractivity contribution in [1.29, 1.82) is 0 Å². The second kappa shape index (κ2) is 10.7. The van der Waals surface area contributed by atoms with Crippen molar-refractivity contribution in [3.63, 3.8) is 0 Å². The highest BCUT2D eigenvalue weighted by Crippen LogP contribution is 2.70. The summed E-state index contributed by atoms with van der Waals surface area (Å²) in [4.78, 5) is 25.1. The number of carbonyl (C=O) groups is 2. The van der Waals surface area contributed by atoms with Gasteiger partial charge in [0.15, 0.2) is 12.1 Å². The molecule has 3 heterocycles. The van der Waals surface area contributed by atoms with Crippen LogP contribution in [0.15, 0.2) is 42.0 Å². The number of cyclic esters (lactones) is 1. The first-order valence-electron chi connectivity index (χ1n) is 17.4. The second-order valence-corrected chi connectivity index (χ2v) is 15.8. The van der Waals surface area contributed by atoms with Crippen molar-refractivity contribution in [2.75, 3.05) is 6.61 Å². The fourth-order valence-corrected chi connectivity index (χ4v) is 11.5. The molecular weight excluding hydrogens is 588 g/mol. The first kappa shape index (κ1) is 31.1. The summed E-state index contributed by atoms with van der Waals surface area (Å²) in [5, 5.41) is 24.9. The molecule has 6 fully saturated rings. The monoisotopic (exact) mass is 636 g/mol. The molecule has 2 saturated heterocycles. The summed E-state index contributed by atoms with van der Waals surface area (Å²) in [7, 11) is 0. The Bertz CT molecular complexity index is 1410. The molecule has 4 aliphatic carbocycles. The molecule has 7 aliphatic rings. The molecule has 13 atom stereocenters. The molecule has 0 bridgehead atoms. The molecule has 9 heteroatoms. The van der Waals surface area contributed by atoms with Gasteiger partial charge in [-0.05, 0) is 88.5 Å². The number of aldehydes is 1. The lowest BCUT2D eigenvalue weighted by Crippen LogP contribution is -2.69. The minimum atomic E-state index is -1.21. The number of hydrogen-bond donors (Lipinski definition) is 2. The van der Waals surface area contributed by atoms with Gasteiger partial charge in [-0.1, -0.05) is 37.3 Å². The number of ether oxygens (including phenoxy) is 5. The number of carbonyl (C=O) groups excluding carboxylic acids is 2. The predicted molar refractivity (Wildman–Crippen MR) is 165 cm³/mol. The van der Waals surface area contributed by atoms with Crippen molar-refractivity contribution >= 4 is 12.3 Å². The summed E-state index contributed by atoms with van der Waals surface area (Å²) in [6.07, 6.45) is 7.33. The average Bonchev–Trinajstić information content (AvgIpc) is 3.70. The van der Waals surface area contributed by atoms with Crippen LogP contribution in [0.3, 0.4) is 0 Å². The molecular formula is C37H48O9. The van der Waals surface area contributed by atoms with E-state index in [4.69, 9.17) is 23.7 Å². The zero-order valence-corrected chi connectivity index (χ0v) is 27.2. The highest BCUT2D eigenvalue weighted by Gasteiger charge is 2.71. The summed E-state index contributed by atoms with van der Waals surface area (Å²) in [6, 6.07) is 9.94. The number of benzene rings is 1. The molecule has 4 saturated carbocycles. The maximum atomic E-state index is 13.2. The maximum absolute atomic E-state index is 13.2. The van der Waals surface area contributed by atoms with E-state index in [1.807, 2.05) is 44.2 Å². The van der Waals surface area contributed by atoms with E-state index in [1.54, 1.807) is 6.08 Å². The van der Waals surface area contributed by atoms with Crippen LogP contribution in [0.2, 0.25) is 0 Å². The van der Waals surface area contributed by atoms with Crippen LogP contribution >= 0.6 is 0 Å². The molecule has 0 radical (unpaired) electrons. The van der Waals surface area contributed by atoms with Gasteiger partial charge in [-0.2, -0.15) is 0 Å². The number of fused-ring (bicyclic) bond motifs is 6. The zero-order valence-electron chi connectivity index (χ0n) is 27.2. The largest absolute Gasteiger partial charge is 0.458 e. The summed E-state index contributed by atoms with van der Waals surface area (Å²) in [5.74, 6) is -1.27. The summed E-state index contributed by atoms with van der Waals surface area (Å²) < 4.78 is 31.1. The Morgan fingerprint density at radius 2 is 1.74 bits per heavy atom. The minimum Gasteiger partial charge on any atom is -0.458 e. The van der Waals surface area contributed by atoms with E-state index in [-0.39, 0.29) is 48.1 Å². The van der Waals surface area contributed by atoms with E-state index in [0.29, 0.717) is 51.6 Å². The van der Waals surface area contributed by atoms with Crippen molar-refractivity contribution < 1.29 is 43.5 Å². The third kappa shape index (κ3) is 4.34. The molecule has 2 N–H and O–H groups in total. The molecule has 0 spiro atoms. The molecule has 46 heavy (non-hydrogen) atoms. The topological polar surface area (TPSA) is 121 Å². The minimum absolute atomic E-state index is 0.0827. The highest BCUT2D eigenvalue weighted by molar-refractivity contribution is 5.85. The Labute approximate surface area is 270 Å². The molecule has 3 aliphatic heterocycles. The van der Waals surface area contributed by atoms with Crippen LogP contribution in [-0.4, -0.2) is 71.0 Å². The number of hydrogen-bond acceptors (Lipinski definition) is 9. The van der Waals surface area contributed by atoms with Crippen LogP contribution in [-0.2, 0) is 39.1 Å². The Hall–Kier alpha value is -2.14. The smallest absolute Gasteiger partial charge is 0.331 e. The van der Waals surface area contributed by atoms with Crippen LogP contribution in [0.5, 0.6) is 0 Å². The van der Waals surface area contributed by atoms with Crippen LogP contribution in [0.1, 0.15) is 90.5 Å². The molecule has 0 aromatic heterocycles. The number of rotatable bonds is 5. The van der Waals surface area contributed by atoms with Crippen molar-refractivity contribution in [2.24, 2.45) is 28.6 Å². The lowest BCUT2D eigenvalue weighted by molar-refractivity contribution is -0.278. The third-order valence-electron chi connectivity index (χ3n) is 13.8. The van der Waals surface area contributed by atoms with Gasteiger partial charge in [-0.25, -0.2) is 4.79 Å². The van der Waals surface area contributed by atoms with Crippen LogP contribution in [0, 0.1) is 28.6 Å². The van der Waals surface area contributed by atoms with E-state index in [1.165, 1.54) is 0 Å². The van der Waals surface area contributed by atoms with E-state index in [2.05, 4.69) is 6.92 Å². The number of esters is 1. The Balaban J connectivity index is 0.969.